The molecular formula is C17H24O4. The number of carbonyl (C=O) groups excluding carboxylic acids is 1. The predicted molar refractivity (Wildman–Crippen MR) is 78.5 cm³/mol. The second kappa shape index (κ2) is 4.77. The Hall–Kier alpha value is -0.970. The number of methoxy groups -OCH3 is 2. The minimum atomic E-state index is -0.695. The van der Waals surface area contributed by atoms with E-state index in [1.165, 1.54) is 0 Å². The summed E-state index contributed by atoms with van der Waals surface area (Å²) in [7, 11) is 3.34. The van der Waals surface area contributed by atoms with Crippen LogP contribution in [-0.2, 0) is 19.0 Å². The van der Waals surface area contributed by atoms with Gasteiger partial charge in [0, 0.05) is 26.6 Å². The van der Waals surface area contributed by atoms with E-state index >= 15 is 0 Å². The maximum absolute atomic E-state index is 12.1. The smallest absolute Gasteiger partial charge is 0.194 e. The molecule has 116 valence electrons. The van der Waals surface area contributed by atoms with Crippen LogP contribution in [0.25, 0.3) is 0 Å². The topological polar surface area (TPSA) is 44.8 Å². The van der Waals surface area contributed by atoms with Gasteiger partial charge in [0.1, 0.15) is 0 Å². The zero-order valence-electron chi connectivity index (χ0n) is 13.4. The summed E-state index contributed by atoms with van der Waals surface area (Å²) in [6.07, 6.45) is 4.97. The molecule has 3 rings (SSSR count). The number of ketones is 1. The number of carbonyl (C=O) groups is 1. The monoisotopic (exact) mass is 292 g/mol. The van der Waals surface area contributed by atoms with Gasteiger partial charge in [0.2, 0.25) is 0 Å². The number of fused-ring (bicyclic) bond motifs is 2. The van der Waals surface area contributed by atoms with Gasteiger partial charge < -0.3 is 14.2 Å². The molecule has 0 N–H and O–H groups in total. The van der Waals surface area contributed by atoms with Crippen molar-refractivity contribution >= 4 is 5.78 Å². The van der Waals surface area contributed by atoms with E-state index in [4.69, 9.17) is 14.2 Å². The Morgan fingerprint density at radius 3 is 2.71 bits per heavy atom. The van der Waals surface area contributed by atoms with Crippen molar-refractivity contribution in [1.82, 2.24) is 0 Å². The van der Waals surface area contributed by atoms with Gasteiger partial charge in [0.25, 0.3) is 0 Å². The van der Waals surface area contributed by atoms with Crippen LogP contribution in [0.3, 0.4) is 0 Å². The van der Waals surface area contributed by atoms with Crippen molar-refractivity contribution in [1.29, 1.82) is 0 Å². The van der Waals surface area contributed by atoms with Crippen molar-refractivity contribution in [2.75, 3.05) is 14.2 Å². The van der Waals surface area contributed by atoms with Gasteiger partial charge in [0.05, 0.1) is 0 Å². The standard InChI is InChI=1S/C17H24O4/c1-10-13-9-16(3)11(2)14(18)7-6-12(16)8-17(13,20-5)21-15(10)19-4/h6-7,11-12,15H,8-9H2,1-5H3/t11-,12-,15+,16+,17+/m0/s1. The normalized spacial score (nSPS) is 45.8. The zero-order chi connectivity index (χ0) is 15.4. The van der Waals surface area contributed by atoms with E-state index in [9.17, 15) is 4.79 Å². The Morgan fingerprint density at radius 2 is 2.10 bits per heavy atom. The minimum absolute atomic E-state index is 0.0178. The first-order valence-corrected chi connectivity index (χ1v) is 7.56. The van der Waals surface area contributed by atoms with Gasteiger partial charge in [-0.3, -0.25) is 4.79 Å². The molecule has 0 unspecified atom stereocenters. The van der Waals surface area contributed by atoms with E-state index in [0.717, 1.165) is 24.0 Å². The summed E-state index contributed by atoms with van der Waals surface area (Å²) in [5, 5.41) is 0. The quantitative estimate of drug-likeness (QED) is 0.734. The predicted octanol–water partition coefficient (Wildman–Crippen LogP) is 2.84. The van der Waals surface area contributed by atoms with Crippen molar-refractivity contribution in [3.05, 3.63) is 23.3 Å². The molecule has 0 aromatic heterocycles. The molecule has 4 nitrogen and oxygen atoms in total. The summed E-state index contributed by atoms with van der Waals surface area (Å²) in [5.74, 6) is -0.181. The molecule has 0 spiro atoms. The Balaban J connectivity index is 2.06. The van der Waals surface area contributed by atoms with Gasteiger partial charge in [-0.05, 0) is 41.9 Å². The van der Waals surface area contributed by atoms with Crippen LogP contribution in [0, 0.1) is 17.3 Å². The molecule has 21 heavy (non-hydrogen) atoms. The Labute approximate surface area is 126 Å². The third-order valence-electron chi connectivity index (χ3n) is 5.93. The van der Waals surface area contributed by atoms with E-state index < -0.39 is 5.79 Å². The van der Waals surface area contributed by atoms with Crippen LogP contribution in [0.4, 0.5) is 0 Å². The second-order valence-corrected chi connectivity index (χ2v) is 6.78. The molecule has 0 bridgehead atoms. The van der Waals surface area contributed by atoms with Gasteiger partial charge >= 0.3 is 0 Å². The summed E-state index contributed by atoms with van der Waals surface area (Å²) < 4.78 is 17.3. The summed E-state index contributed by atoms with van der Waals surface area (Å²) in [6.45, 7) is 6.29. The average Bonchev–Trinajstić information content (AvgIpc) is 2.75. The largest absolute Gasteiger partial charge is 0.352 e. The van der Waals surface area contributed by atoms with Crippen LogP contribution in [0.15, 0.2) is 23.3 Å². The summed E-state index contributed by atoms with van der Waals surface area (Å²) >= 11 is 0. The fraction of sp³-hybridized carbons (Fsp3) is 0.706. The van der Waals surface area contributed by atoms with Crippen LogP contribution < -0.4 is 0 Å². The fourth-order valence-corrected chi connectivity index (χ4v) is 4.18. The van der Waals surface area contributed by atoms with E-state index in [2.05, 4.69) is 6.92 Å². The molecular weight excluding hydrogens is 268 g/mol. The molecule has 0 radical (unpaired) electrons. The van der Waals surface area contributed by atoms with Gasteiger partial charge in [-0.2, -0.15) is 0 Å². The molecule has 0 aromatic rings. The molecule has 1 heterocycles. The highest BCUT2D eigenvalue weighted by Crippen LogP contribution is 2.58. The third kappa shape index (κ3) is 1.89. The van der Waals surface area contributed by atoms with Crippen molar-refractivity contribution in [2.24, 2.45) is 17.3 Å². The molecule has 2 aliphatic carbocycles. The van der Waals surface area contributed by atoms with Gasteiger partial charge in [0.15, 0.2) is 17.9 Å². The van der Waals surface area contributed by atoms with Crippen LogP contribution in [0.1, 0.15) is 33.6 Å². The lowest BCUT2D eigenvalue weighted by Crippen LogP contribution is -2.51. The average molecular weight is 292 g/mol. The fourth-order valence-electron chi connectivity index (χ4n) is 4.18. The summed E-state index contributed by atoms with van der Waals surface area (Å²) in [5.41, 5.74) is 2.18. The van der Waals surface area contributed by atoms with Gasteiger partial charge in [-0.1, -0.05) is 19.9 Å². The molecule has 1 aliphatic heterocycles. The van der Waals surface area contributed by atoms with Crippen LogP contribution in [0.5, 0.6) is 0 Å². The molecule has 5 atom stereocenters. The lowest BCUT2D eigenvalue weighted by atomic mass is 9.55. The lowest BCUT2D eigenvalue weighted by molar-refractivity contribution is -0.265. The first-order chi connectivity index (χ1) is 9.88. The SMILES string of the molecule is CO[C@@H]1O[C@]2(OC)C[C@@H]3C=CC(=O)[C@H](C)[C@@]3(C)CC2=C1C. The zero-order valence-corrected chi connectivity index (χ0v) is 13.4. The molecule has 0 amide bonds. The van der Waals surface area contributed by atoms with E-state index in [1.54, 1.807) is 20.3 Å². The van der Waals surface area contributed by atoms with Crippen molar-refractivity contribution < 1.29 is 19.0 Å². The van der Waals surface area contributed by atoms with Crippen LogP contribution >= 0.6 is 0 Å². The highest BCUT2D eigenvalue weighted by molar-refractivity contribution is 5.93. The lowest BCUT2D eigenvalue weighted by Gasteiger charge is -2.51. The number of allylic oxidation sites excluding steroid dienone is 2. The van der Waals surface area contributed by atoms with Gasteiger partial charge in [-0.25, -0.2) is 0 Å². The van der Waals surface area contributed by atoms with E-state index in [0.29, 0.717) is 0 Å². The van der Waals surface area contributed by atoms with Gasteiger partial charge in [-0.15, -0.1) is 0 Å². The maximum Gasteiger partial charge on any atom is 0.194 e. The van der Waals surface area contributed by atoms with E-state index in [-0.39, 0.29) is 29.3 Å². The van der Waals surface area contributed by atoms with E-state index in [1.807, 2.05) is 19.9 Å². The minimum Gasteiger partial charge on any atom is -0.352 e. The third-order valence-corrected chi connectivity index (χ3v) is 5.93. The van der Waals surface area contributed by atoms with Crippen molar-refractivity contribution in [3.8, 4) is 0 Å². The van der Waals surface area contributed by atoms with Crippen molar-refractivity contribution in [2.45, 2.75) is 45.7 Å². The highest BCUT2D eigenvalue weighted by atomic mass is 16.8. The summed E-state index contributed by atoms with van der Waals surface area (Å²) in [4.78, 5) is 12.1. The second-order valence-electron chi connectivity index (χ2n) is 6.78. The van der Waals surface area contributed by atoms with Crippen LogP contribution in [-0.4, -0.2) is 32.1 Å². The Kier molecular flexibility index (Phi) is 3.39. The molecule has 1 fully saturated rings. The number of hydrogen-bond acceptors (Lipinski definition) is 4. The number of ether oxygens (including phenoxy) is 3. The molecule has 0 saturated heterocycles. The first kappa shape index (κ1) is 14.9. The Morgan fingerprint density at radius 1 is 1.38 bits per heavy atom. The highest BCUT2D eigenvalue weighted by Gasteiger charge is 2.58. The molecule has 1 saturated carbocycles. The first-order valence-electron chi connectivity index (χ1n) is 7.56. The molecule has 0 aromatic carbocycles. The molecule has 3 aliphatic rings. The van der Waals surface area contributed by atoms with Crippen molar-refractivity contribution in [3.63, 3.8) is 0 Å². The van der Waals surface area contributed by atoms with Crippen LogP contribution in [0.2, 0.25) is 0 Å². The number of hydrogen-bond donors (Lipinski definition) is 0. The number of rotatable bonds is 2. The molecule has 4 heteroatoms. The maximum atomic E-state index is 12.1. The Bertz CT molecular complexity index is 535. The summed E-state index contributed by atoms with van der Waals surface area (Å²) in [6, 6.07) is 0.